The Bertz CT molecular complexity index is 679. The zero-order valence-corrected chi connectivity index (χ0v) is 13.6. The molecule has 0 aromatic heterocycles. The molecule has 2 aromatic carbocycles. The summed E-state index contributed by atoms with van der Waals surface area (Å²) in [4.78, 5) is 0. The Kier molecular flexibility index (Phi) is 4.26. The van der Waals surface area contributed by atoms with Crippen LogP contribution in [-0.4, -0.2) is 0 Å². The third kappa shape index (κ3) is 2.62. The molecule has 20 heavy (non-hydrogen) atoms. The van der Waals surface area contributed by atoms with E-state index in [2.05, 4.69) is 73.5 Å². The van der Waals surface area contributed by atoms with E-state index < -0.39 is 0 Å². The number of aryl methyl sites for hydroxylation is 2. The smallest absolute Gasteiger partial charge is 0.0119 e. The van der Waals surface area contributed by atoms with Crippen molar-refractivity contribution in [3.8, 4) is 0 Å². The molecule has 0 radical (unpaired) electrons. The molecule has 0 amide bonds. The second-order valence-corrected chi connectivity index (χ2v) is 5.95. The summed E-state index contributed by atoms with van der Waals surface area (Å²) in [5.74, 6) is 0. The molecular formula is C19H21P. The average molecular weight is 280 g/mol. The SMILES string of the molecule is C=C(P)c1c(C)cc(C)c(C(=C)c2ccccc2)c1C. The van der Waals surface area contributed by atoms with Crippen molar-refractivity contribution in [2.45, 2.75) is 20.8 Å². The molecule has 0 aliphatic heterocycles. The lowest BCUT2D eigenvalue weighted by Gasteiger charge is -2.19. The van der Waals surface area contributed by atoms with Gasteiger partial charge in [-0.2, -0.15) is 0 Å². The zero-order valence-electron chi connectivity index (χ0n) is 12.5. The van der Waals surface area contributed by atoms with E-state index in [0.717, 1.165) is 10.9 Å². The van der Waals surface area contributed by atoms with Gasteiger partial charge < -0.3 is 0 Å². The molecule has 0 saturated heterocycles. The topological polar surface area (TPSA) is 0 Å². The predicted octanol–water partition coefficient (Wildman–Crippen LogP) is 5.52. The predicted molar refractivity (Wildman–Crippen MR) is 94.0 cm³/mol. The van der Waals surface area contributed by atoms with Crippen LogP contribution >= 0.6 is 9.24 Å². The van der Waals surface area contributed by atoms with Crippen LogP contribution in [0.5, 0.6) is 0 Å². The van der Waals surface area contributed by atoms with Crippen LogP contribution in [0.25, 0.3) is 10.9 Å². The number of rotatable bonds is 3. The summed E-state index contributed by atoms with van der Waals surface area (Å²) in [7, 11) is 2.72. The van der Waals surface area contributed by atoms with Crippen molar-refractivity contribution < 1.29 is 0 Å². The molecule has 0 heterocycles. The normalized spacial score (nSPS) is 10.4. The molecular weight excluding hydrogens is 259 g/mol. The van der Waals surface area contributed by atoms with Crippen LogP contribution in [0.1, 0.15) is 33.4 Å². The zero-order chi connectivity index (χ0) is 14.9. The summed E-state index contributed by atoms with van der Waals surface area (Å²) in [5, 5.41) is 1.03. The van der Waals surface area contributed by atoms with E-state index in [1.54, 1.807) is 0 Å². The van der Waals surface area contributed by atoms with Gasteiger partial charge >= 0.3 is 0 Å². The summed E-state index contributed by atoms with van der Waals surface area (Å²) in [5.41, 5.74) is 8.51. The number of benzene rings is 2. The highest BCUT2D eigenvalue weighted by atomic mass is 31.0. The quantitative estimate of drug-likeness (QED) is 0.649. The van der Waals surface area contributed by atoms with Gasteiger partial charge in [-0.15, -0.1) is 9.24 Å². The van der Waals surface area contributed by atoms with Gasteiger partial charge in [0.05, 0.1) is 0 Å². The maximum atomic E-state index is 4.31. The van der Waals surface area contributed by atoms with Crippen LogP contribution in [0.4, 0.5) is 0 Å². The van der Waals surface area contributed by atoms with Gasteiger partial charge in [0.25, 0.3) is 0 Å². The molecule has 0 N–H and O–H groups in total. The van der Waals surface area contributed by atoms with Crippen molar-refractivity contribution in [2.75, 3.05) is 0 Å². The molecule has 0 aliphatic rings. The van der Waals surface area contributed by atoms with Crippen molar-refractivity contribution in [2.24, 2.45) is 0 Å². The standard InChI is InChI=1S/C19H21P/c1-12-11-13(2)19(16(5)20)15(4)18(12)14(3)17-9-7-6-8-10-17/h6-11H,3,5,20H2,1-2,4H3. The first-order valence-electron chi connectivity index (χ1n) is 6.73. The van der Waals surface area contributed by atoms with Crippen molar-refractivity contribution in [3.05, 3.63) is 82.9 Å². The van der Waals surface area contributed by atoms with Crippen LogP contribution < -0.4 is 0 Å². The second kappa shape index (κ2) is 5.77. The van der Waals surface area contributed by atoms with Crippen molar-refractivity contribution in [3.63, 3.8) is 0 Å². The Morgan fingerprint density at radius 2 is 1.45 bits per heavy atom. The fraction of sp³-hybridized carbons (Fsp3) is 0.158. The molecule has 102 valence electrons. The first kappa shape index (κ1) is 14.8. The van der Waals surface area contributed by atoms with E-state index in [1.807, 2.05) is 6.07 Å². The van der Waals surface area contributed by atoms with Crippen molar-refractivity contribution >= 4 is 20.1 Å². The van der Waals surface area contributed by atoms with E-state index in [0.29, 0.717) is 0 Å². The van der Waals surface area contributed by atoms with Crippen LogP contribution in [0.3, 0.4) is 0 Å². The molecule has 0 nitrogen and oxygen atoms in total. The van der Waals surface area contributed by atoms with E-state index in [4.69, 9.17) is 0 Å². The first-order valence-corrected chi connectivity index (χ1v) is 7.31. The average Bonchev–Trinajstić information content (AvgIpc) is 2.38. The van der Waals surface area contributed by atoms with Crippen LogP contribution in [0.2, 0.25) is 0 Å². The third-order valence-corrected chi connectivity index (χ3v) is 4.01. The van der Waals surface area contributed by atoms with Crippen molar-refractivity contribution in [1.82, 2.24) is 0 Å². The molecule has 0 aliphatic carbocycles. The minimum atomic E-state index is 1.03. The molecule has 0 saturated carbocycles. The summed E-state index contributed by atoms with van der Waals surface area (Å²) in [6.45, 7) is 14.8. The van der Waals surface area contributed by atoms with E-state index >= 15 is 0 Å². The fourth-order valence-electron chi connectivity index (χ4n) is 2.93. The molecule has 0 fully saturated rings. The van der Waals surface area contributed by atoms with E-state index in [9.17, 15) is 0 Å². The summed E-state index contributed by atoms with van der Waals surface area (Å²) in [6, 6.07) is 12.6. The highest BCUT2D eigenvalue weighted by molar-refractivity contribution is 7.31. The van der Waals surface area contributed by atoms with Gasteiger partial charge in [-0.05, 0) is 65.0 Å². The van der Waals surface area contributed by atoms with Crippen molar-refractivity contribution in [1.29, 1.82) is 0 Å². The fourth-order valence-corrected chi connectivity index (χ4v) is 3.37. The summed E-state index contributed by atoms with van der Waals surface area (Å²) in [6.07, 6.45) is 0. The molecule has 0 bridgehead atoms. The maximum absolute atomic E-state index is 4.31. The summed E-state index contributed by atoms with van der Waals surface area (Å²) >= 11 is 0. The Morgan fingerprint density at radius 3 is 2.00 bits per heavy atom. The monoisotopic (exact) mass is 280 g/mol. The minimum absolute atomic E-state index is 1.03. The Hall–Kier alpha value is -1.65. The van der Waals surface area contributed by atoms with Gasteiger partial charge in [-0.1, -0.05) is 49.6 Å². The van der Waals surface area contributed by atoms with Crippen LogP contribution in [0.15, 0.2) is 49.6 Å². The lowest BCUT2D eigenvalue weighted by atomic mass is 9.87. The maximum Gasteiger partial charge on any atom is -0.0119 e. The number of hydrogen-bond acceptors (Lipinski definition) is 0. The molecule has 2 aromatic rings. The van der Waals surface area contributed by atoms with Gasteiger partial charge in [0.1, 0.15) is 0 Å². The third-order valence-electron chi connectivity index (χ3n) is 3.72. The van der Waals surface area contributed by atoms with Gasteiger partial charge in [0.15, 0.2) is 0 Å². The first-order chi connectivity index (χ1) is 9.43. The highest BCUT2D eigenvalue weighted by Gasteiger charge is 2.14. The van der Waals surface area contributed by atoms with Crippen LogP contribution in [-0.2, 0) is 0 Å². The Balaban J connectivity index is 2.66. The molecule has 2 rings (SSSR count). The largest absolute Gasteiger partial charge is 0.106 e. The van der Waals surface area contributed by atoms with Gasteiger partial charge in [0, 0.05) is 0 Å². The molecule has 1 atom stereocenters. The summed E-state index contributed by atoms with van der Waals surface area (Å²) < 4.78 is 0. The molecule has 1 heteroatoms. The molecule has 0 spiro atoms. The van der Waals surface area contributed by atoms with Gasteiger partial charge in [-0.25, -0.2) is 0 Å². The van der Waals surface area contributed by atoms with Gasteiger partial charge in [0.2, 0.25) is 0 Å². The van der Waals surface area contributed by atoms with Gasteiger partial charge in [-0.3, -0.25) is 0 Å². The van der Waals surface area contributed by atoms with Crippen LogP contribution in [0, 0.1) is 20.8 Å². The van der Waals surface area contributed by atoms with E-state index in [1.165, 1.54) is 33.4 Å². The Morgan fingerprint density at radius 1 is 0.900 bits per heavy atom. The highest BCUT2D eigenvalue weighted by Crippen LogP contribution is 2.35. The molecule has 1 unspecified atom stereocenters. The minimum Gasteiger partial charge on any atom is -0.106 e. The lowest BCUT2D eigenvalue weighted by molar-refractivity contribution is 1.27. The second-order valence-electron chi connectivity index (χ2n) is 5.26. The Labute approximate surface area is 124 Å². The lowest BCUT2D eigenvalue weighted by Crippen LogP contribution is -2.00. The van der Waals surface area contributed by atoms with E-state index in [-0.39, 0.29) is 0 Å². The number of hydrogen-bond donors (Lipinski definition) is 0.